The Morgan fingerprint density at radius 1 is 1.44 bits per heavy atom. The van der Waals surface area contributed by atoms with Crippen LogP contribution in [0.25, 0.3) is 0 Å². The minimum Gasteiger partial charge on any atom is -0.480 e. The van der Waals surface area contributed by atoms with Crippen LogP contribution in [0.3, 0.4) is 0 Å². The number of unbranched alkanes of at least 4 members (excludes halogenated alkanes) is 1. The second-order valence-corrected chi connectivity index (χ2v) is 6.28. The van der Waals surface area contributed by atoms with E-state index in [2.05, 4.69) is 4.72 Å². The first-order valence-corrected chi connectivity index (χ1v) is 6.99. The van der Waals surface area contributed by atoms with Gasteiger partial charge in [-0.05, 0) is 6.42 Å². The van der Waals surface area contributed by atoms with E-state index < -0.39 is 21.7 Å². The van der Waals surface area contributed by atoms with Crippen LogP contribution in [0.2, 0.25) is 6.32 Å². The highest BCUT2D eigenvalue weighted by Gasteiger charge is 2.34. The predicted octanol–water partition coefficient (Wildman–Crippen LogP) is -1.08. The van der Waals surface area contributed by atoms with Crippen molar-refractivity contribution in [3.8, 4) is 0 Å². The highest BCUT2D eigenvalue weighted by atomic mass is 32.2. The summed E-state index contributed by atoms with van der Waals surface area (Å²) in [6.45, 7) is -0.354. The Kier molecular flexibility index (Phi) is 6.83. The maximum Gasteiger partial charge on any atom is 0.325 e. The van der Waals surface area contributed by atoms with Gasteiger partial charge < -0.3 is 10.8 Å². The van der Waals surface area contributed by atoms with Crippen molar-refractivity contribution in [2.24, 2.45) is 5.73 Å². The summed E-state index contributed by atoms with van der Waals surface area (Å²) in [5.41, 5.74) is 4.09. The van der Waals surface area contributed by atoms with Crippen LogP contribution >= 0.6 is 0 Å². The zero-order chi connectivity index (χ0) is 14.4. The third kappa shape index (κ3) is 5.34. The fourth-order valence-electron chi connectivity index (χ4n) is 1.20. The van der Waals surface area contributed by atoms with Crippen molar-refractivity contribution in [3.63, 3.8) is 0 Å². The number of carboxylic acid groups (broad SMARTS) is 1. The van der Waals surface area contributed by atoms with Gasteiger partial charge in [0.2, 0.25) is 0 Å². The van der Waals surface area contributed by atoms with Crippen LogP contribution < -0.4 is 10.5 Å². The molecule has 104 valence electrons. The standard InChI is InChI=1S/C9H20BN3O4S/c1-13(2)18(16,17)12-7-9(11,8(14)15)5-3-4-6-10/h12H,3-7,11H2,1-2H3,(H,14,15). The Morgan fingerprint density at radius 3 is 2.39 bits per heavy atom. The molecule has 0 heterocycles. The Bertz CT molecular complexity index is 374. The van der Waals surface area contributed by atoms with E-state index in [-0.39, 0.29) is 13.0 Å². The summed E-state index contributed by atoms with van der Waals surface area (Å²) in [6, 6.07) is 0. The van der Waals surface area contributed by atoms with Crippen LogP contribution in [0, 0.1) is 0 Å². The minimum atomic E-state index is -3.68. The fraction of sp³-hybridized carbons (Fsp3) is 0.889. The van der Waals surface area contributed by atoms with Crippen LogP contribution in [0.1, 0.15) is 19.3 Å². The van der Waals surface area contributed by atoms with Crippen molar-refractivity contribution in [2.75, 3.05) is 20.6 Å². The van der Waals surface area contributed by atoms with Gasteiger partial charge in [-0.2, -0.15) is 17.4 Å². The van der Waals surface area contributed by atoms with Gasteiger partial charge in [0.25, 0.3) is 10.2 Å². The topological polar surface area (TPSA) is 113 Å². The van der Waals surface area contributed by atoms with E-state index in [1.807, 2.05) is 0 Å². The number of carboxylic acids is 1. The third-order valence-corrected chi connectivity index (χ3v) is 4.02. The molecule has 0 fully saturated rings. The van der Waals surface area contributed by atoms with Gasteiger partial charge in [-0.15, -0.1) is 0 Å². The molecule has 2 radical (unpaired) electrons. The highest BCUT2D eigenvalue weighted by molar-refractivity contribution is 7.87. The Labute approximate surface area is 109 Å². The van der Waals surface area contributed by atoms with Gasteiger partial charge in [0.05, 0.1) is 7.85 Å². The molecule has 4 N–H and O–H groups in total. The molecule has 0 rings (SSSR count). The van der Waals surface area contributed by atoms with Crippen LogP contribution in [0.5, 0.6) is 0 Å². The van der Waals surface area contributed by atoms with E-state index >= 15 is 0 Å². The molecule has 0 bridgehead atoms. The Morgan fingerprint density at radius 2 is 2.00 bits per heavy atom. The van der Waals surface area contributed by atoms with Crippen molar-refractivity contribution in [3.05, 3.63) is 0 Å². The van der Waals surface area contributed by atoms with Crippen LogP contribution in [-0.2, 0) is 15.0 Å². The molecule has 1 atom stereocenters. The van der Waals surface area contributed by atoms with E-state index in [1.54, 1.807) is 0 Å². The quantitative estimate of drug-likeness (QED) is 0.366. The summed E-state index contributed by atoms with van der Waals surface area (Å²) in [7, 11) is 4.32. The largest absolute Gasteiger partial charge is 0.480 e. The van der Waals surface area contributed by atoms with E-state index in [9.17, 15) is 13.2 Å². The van der Waals surface area contributed by atoms with Crippen molar-refractivity contribution in [2.45, 2.75) is 31.1 Å². The number of aliphatic carboxylic acids is 1. The molecule has 0 aliphatic heterocycles. The zero-order valence-corrected chi connectivity index (χ0v) is 11.5. The lowest BCUT2D eigenvalue weighted by Crippen LogP contribution is -2.57. The van der Waals surface area contributed by atoms with E-state index in [0.717, 1.165) is 4.31 Å². The molecule has 0 saturated carbocycles. The summed E-state index contributed by atoms with van der Waals surface area (Å²) >= 11 is 0. The molecule has 0 aliphatic carbocycles. The minimum absolute atomic E-state index is 0.162. The average Bonchev–Trinajstić information content (AvgIpc) is 2.26. The Hall–Kier alpha value is -0.635. The summed E-state index contributed by atoms with van der Waals surface area (Å²) in [4.78, 5) is 11.1. The first-order valence-electron chi connectivity index (χ1n) is 5.55. The number of carbonyl (C=O) groups is 1. The fourth-order valence-corrected chi connectivity index (χ4v) is 1.90. The van der Waals surface area contributed by atoms with Gasteiger partial charge >= 0.3 is 5.97 Å². The maximum atomic E-state index is 11.5. The number of nitrogens with zero attached hydrogens (tertiary/aromatic N) is 1. The number of hydrogen-bond acceptors (Lipinski definition) is 4. The lowest BCUT2D eigenvalue weighted by atomic mass is 9.91. The van der Waals surface area contributed by atoms with Crippen molar-refractivity contribution in [1.29, 1.82) is 0 Å². The van der Waals surface area contributed by atoms with E-state index in [4.69, 9.17) is 18.7 Å². The molecule has 0 aliphatic rings. The van der Waals surface area contributed by atoms with Crippen LogP contribution in [-0.4, -0.2) is 57.8 Å². The van der Waals surface area contributed by atoms with Gasteiger partial charge in [0.15, 0.2) is 0 Å². The normalized spacial score (nSPS) is 15.6. The van der Waals surface area contributed by atoms with Crippen LogP contribution in [0.4, 0.5) is 0 Å². The molecule has 0 saturated heterocycles. The van der Waals surface area contributed by atoms with Gasteiger partial charge in [-0.3, -0.25) is 4.79 Å². The first-order chi connectivity index (χ1) is 8.15. The van der Waals surface area contributed by atoms with Crippen molar-refractivity contribution < 1.29 is 18.3 Å². The second-order valence-electron chi connectivity index (χ2n) is 4.32. The van der Waals surface area contributed by atoms with E-state index in [0.29, 0.717) is 19.2 Å². The van der Waals surface area contributed by atoms with Crippen molar-refractivity contribution >= 4 is 24.0 Å². The maximum absolute atomic E-state index is 11.5. The summed E-state index contributed by atoms with van der Waals surface area (Å²) in [5, 5.41) is 9.06. The van der Waals surface area contributed by atoms with Gasteiger partial charge in [0.1, 0.15) is 5.54 Å². The third-order valence-electron chi connectivity index (χ3n) is 2.55. The Balaban J connectivity index is 4.59. The zero-order valence-electron chi connectivity index (χ0n) is 10.7. The first kappa shape index (κ1) is 17.4. The molecule has 0 aromatic rings. The number of rotatable bonds is 9. The molecular formula is C9H20BN3O4S. The van der Waals surface area contributed by atoms with Gasteiger partial charge in [0, 0.05) is 20.6 Å². The lowest BCUT2D eigenvalue weighted by molar-refractivity contribution is -0.143. The SMILES string of the molecule is [B]CCCCC(N)(CNS(=O)(=O)N(C)C)C(=O)O. The number of nitrogens with one attached hydrogen (secondary N) is 1. The molecule has 1 unspecified atom stereocenters. The average molecular weight is 277 g/mol. The molecule has 18 heavy (non-hydrogen) atoms. The summed E-state index contributed by atoms with van der Waals surface area (Å²) < 4.78 is 26.1. The number of nitrogens with two attached hydrogens (primary N) is 1. The highest BCUT2D eigenvalue weighted by Crippen LogP contribution is 2.12. The molecule has 9 heteroatoms. The molecule has 7 nitrogen and oxygen atoms in total. The number of hydrogen-bond donors (Lipinski definition) is 3. The summed E-state index contributed by atoms with van der Waals surface area (Å²) in [6.07, 6.45) is 1.78. The summed E-state index contributed by atoms with van der Waals surface area (Å²) in [5.74, 6) is -1.24. The smallest absolute Gasteiger partial charge is 0.325 e. The predicted molar refractivity (Wildman–Crippen MR) is 69.6 cm³/mol. The van der Waals surface area contributed by atoms with Gasteiger partial charge in [-0.25, -0.2) is 0 Å². The molecular weight excluding hydrogens is 257 g/mol. The molecule has 0 spiro atoms. The molecule has 0 amide bonds. The molecule has 0 aromatic carbocycles. The monoisotopic (exact) mass is 277 g/mol. The van der Waals surface area contributed by atoms with Gasteiger partial charge in [-0.1, -0.05) is 19.2 Å². The molecule has 0 aromatic heterocycles. The second kappa shape index (κ2) is 7.08. The van der Waals surface area contributed by atoms with E-state index in [1.165, 1.54) is 14.1 Å². The van der Waals surface area contributed by atoms with Crippen LogP contribution in [0.15, 0.2) is 0 Å². The van der Waals surface area contributed by atoms with Crippen molar-refractivity contribution in [1.82, 2.24) is 9.03 Å². The lowest BCUT2D eigenvalue weighted by Gasteiger charge is -2.25.